The summed E-state index contributed by atoms with van der Waals surface area (Å²) < 4.78 is 1.98. The Morgan fingerprint density at radius 2 is 2.20 bits per heavy atom. The van der Waals surface area contributed by atoms with Crippen molar-refractivity contribution in [1.29, 1.82) is 0 Å². The predicted molar refractivity (Wildman–Crippen MR) is 58.8 cm³/mol. The molecule has 0 spiro atoms. The van der Waals surface area contributed by atoms with E-state index in [1.165, 1.54) is 32.1 Å². The van der Waals surface area contributed by atoms with Crippen LogP contribution in [-0.4, -0.2) is 15.8 Å². The van der Waals surface area contributed by atoms with Gasteiger partial charge in [0.1, 0.15) is 5.69 Å². The van der Waals surface area contributed by atoms with Crippen LogP contribution < -0.4 is 0 Å². The highest BCUT2D eigenvalue weighted by Gasteiger charge is 2.27. The third-order valence-electron chi connectivity index (χ3n) is 3.48. The fourth-order valence-corrected chi connectivity index (χ4v) is 2.54. The van der Waals surface area contributed by atoms with Gasteiger partial charge in [0.2, 0.25) is 0 Å². The average molecular weight is 206 g/mol. The number of carbonyl (C=O) groups is 1. The Bertz CT molecular complexity index is 337. The summed E-state index contributed by atoms with van der Waals surface area (Å²) in [6.07, 6.45) is 10.8. The first kappa shape index (κ1) is 10.4. The van der Waals surface area contributed by atoms with E-state index in [-0.39, 0.29) is 0 Å². The first-order valence-corrected chi connectivity index (χ1v) is 5.69. The van der Waals surface area contributed by atoms with E-state index in [4.69, 9.17) is 0 Å². The molecule has 0 unspecified atom stereocenters. The largest absolute Gasteiger partial charge is 0.328 e. The molecule has 1 fully saturated rings. The van der Waals surface area contributed by atoms with E-state index in [1.54, 1.807) is 12.5 Å². The van der Waals surface area contributed by atoms with Crippen LogP contribution in [0.25, 0.3) is 0 Å². The smallest absolute Gasteiger partial charge is 0.168 e. The standard InChI is InChI=1S/C12H18N2O/c1-12(5-3-2-4-6-12)9-14-10-13-7-11(14)8-15/h7-8,10H,2-6,9H2,1H3. The fraction of sp³-hybridized carbons (Fsp3) is 0.667. The van der Waals surface area contributed by atoms with Gasteiger partial charge in [0.25, 0.3) is 0 Å². The van der Waals surface area contributed by atoms with Gasteiger partial charge in [0.05, 0.1) is 12.5 Å². The Kier molecular flexibility index (Phi) is 2.89. The van der Waals surface area contributed by atoms with Crippen LogP contribution in [0, 0.1) is 5.41 Å². The molecule has 0 saturated heterocycles. The molecule has 3 heteroatoms. The highest BCUT2D eigenvalue weighted by Crippen LogP contribution is 2.37. The van der Waals surface area contributed by atoms with Crippen LogP contribution in [0.4, 0.5) is 0 Å². The normalized spacial score (nSPS) is 20.1. The number of aromatic nitrogens is 2. The van der Waals surface area contributed by atoms with Gasteiger partial charge in [-0.3, -0.25) is 4.79 Å². The zero-order valence-electron chi connectivity index (χ0n) is 9.28. The molecule has 0 atom stereocenters. The molecule has 1 saturated carbocycles. The van der Waals surface area contributed by atoms with Crippen molar-refractivity contribution in [1.82, 2.24) is 9.55 Å². The van der Waals surface area contributed by atoms with Crippen molar-refractivity contribution in [3.8, 4) is 0 Å². The maximum absolute atomic E-state index is 10.8. The van der Waals surface area contributed by atoms with E-state index in [0.29, 0.717) is 11.1 Å². The fourth-order valence-electron chi connectivity index (χ4n) is 2.54. The number of hydrogen-bond acceptors (Lipinski definition) is 2. The van der Waals surface area contributed by atoms with Gasteiger partial charge in [0, 0.05) is 6.54 Å². The third-order valence-corrected chi connectivity index (χ3v) is 3.48. The zero-order chi connectivity index (χ0) is 10.7. The first-order chi connectivity index (χ1) is 7.23. The summed E-state index contributed by atoms with van der Waals surface area (Å²) in [5.41, 5.74) is 1.05. The van der Waals surface area contributed by atoms with Gasteiger partial charge in [-0.1, -0.05) is 26.2 Å². The molecule has 1 aromatic rings. The Morgan fingerprint density at radius 1 is 1.47 bits per heavy atom. The minimum absolute atomic E-state index is 0.358. The molecular formula is C12H18N2O. The third kappa shape index (κ3) is 2.28. The van der Waals surface area contributed by atoms with Crippen LogP contribution in [0.15, 0.2) is 12.5 Å². The van der Waals surface area contributed by atoms with Crippen LogP contribution in [0.1, 0.15) is 49.5 Å². The molecule has 0 aliphatic heterocycles. The molecule has 1 heterocycles. The SMILES string of the molecule is CC1(Cn2cncc2C=O)CCCCC1. The Balaban J connectivity index is 2.09. The van der Waals surface area contributed by atoms with Crippen molar-refractivity contribution in [2.75, 3.05) is 0 Å². The second-order valence-electron chi connectivity index (χ2n) is 4.94. The molecule has 0 amide bonds. The Hall–Kier alpha value is -1.12. The highest BCUT2D eigenvalue weighted by atomic mass is 16.1. The van der Waals surface area contributed by atoms with E-state index in [1.807, 2.05) is 4.57 Å². The van der Waals surface area contributed by atoms with Gasteiger partial charge < -0.3 is 4.57 Å². The summed E-state index contributed by atoms with van der Waals surface area (Å²) in [7, 11) is 0. The van der Waals surface area contributed by atoms with E-state index in [2.05, 4.69) is 11.9 Å². The number of carbonyl (C=O) groups excluding carboxylic acids is 1. The summed E-state index contributed by atoms with van der Waals surface area (Å²) >= 11 is 0. The Labute approximate surface area is 90.5 Å². The van der Waals surface area contributed by atoms with Gasteiger partial charge in [-0.15, -0.1) is 0 Å². The van der Waals surface area contributed by atoms with Crippen molar-refractivity contribution in [2.24, 2.45) is 5.41 Å². The molecule has 0 bridgehead atoms. The Morgan fingerprint density at radius 3 is 2.87 bits per heavy atom. The van der Waals surface area contributed by atoms with E-state index < -0.39 is 0 Å². The lowest BCUT2D eigenvalue weighted by atomic mass is 9.75. The summed E-state index contributed by atoms with van der Waals surface area (Å²) in [6.45, 7) is 3.25. The molecule has 0 aromatic carbocycles. The number of hydrogen-bond donors (Lipinski definition) is 0. The molecule has 82 valence electrons. The van der Waals surface area contributed by atoms with Crippen LogP contribution in [0.2, 0.25) is 0 Å². The predicted octanol–water partition coefficient (Wildman–Crippen LogP) is 2.67. The van der Waals surface area contributed by atoms with Gasteiger partial charge >= 0.3 is 0 Å². The molecule has 0 radical (unpaired) electrons. The second kappa shape index (κ2) is 4.17. The molecule has 1 aliphatic carbocycles. The maximum Gasteiger partial charge on any atom is 0.168 e. The number of nitrogens with zero attached hydrogens (tertiary/aromatic N) is 2. The van der Waals surface area contributed by atoms with E-state index in [9.17, 15) is 4.79 Å². The van der Waals surface area contributed by atoms with Crippen molar-refractivity contribution < 1.29 is 4.79 Å². The quantitative estimate of drug-likeness (QED) is 0.713. The average Bonchev–Trinajstić information content (AvgIpc) is 2.65. The second-order valence-corrected chi connectivity index (χ2v) is 4.94. The van der Waals surface area contributed by atoms with Crippen molar-refractivity contribution in [3.05, 3.63) is 18.2 Å². The van der Waals surface area contributed by atoms with Gasteiger partial charge in [0.15, 0.2) is 6.29 Å². The molecule has 0 N–H and O–H groups in total. The maximum atomic E-state index is 10.8. The van der Waals surface area contributed by atoms with E-state index >= 15 is 0 Å². The van der Waals surface area contributed by atoms with Crippen LogP contribution in [0.3, 0.4) is 0 Å². The molecule has 15 heavy (non-hydrogen) atoms. The lowest BCUT2D eigenvalue weighted by Crippen LogP contribution is -2.26. The van der Waals surface area contributed by atoms with Gasteiger partial charge in [-0.05, 0) is 18.3 Å². The summed E-state index contributed by atoms with van der Waals surface area (Å²) in [6, 6.07) is 0. The van der Waals surface area contributed by atoms with Crippen LogP contribution in [-0.2, 0) is 6.54 Å². The molecular weight excluding hydrogens is 188 g/mol. The number of imidazole rings is 1. The van der Waals surface area contributed by atoms with Crippen molar-refractivity contribution in [2.45, 2.75) is 45.6 Å². The lowest BCUT2D eigenvalue weighted by Gasteiger charge is -2.34. The molecule has 1 aromatic heterocycles. The monoisotopic (exact) mass is 206 g/mol. The lowest BCUT2D eigenvalue weighted by molar-refractivity contribution is 0.110. The van der Waals surface area contributed by atoms with Crippen molar-refractivity contribution >= 4 is 6.29 Å². The van der Waals surface area contributed by atoms with Crippen LogP contribution in [0.5, 0.6) is 0 Å². The van der Waals surface area contributed by atoms with Gasteiger partial charge in [-0.2, -0.15) is 0 Å². The highest BCUT2D eigenvalue weighted by molar-refractivity contribution is 5.71. The molecule has 2 rings (SSSR count). The van der Waals surface area contributed by atoms with Crippen molar-refractivity contribution in [3.63, 3.8) is 0 Å². The van der Waals surface area contributed by atoms with Gasteiger partial charge in [-0.25, -0.2) is 4.98 Å². The summed E-state index contributed by atoms with van der Waals surface area (Å²) in [4.78, 5) is 14.8. The molecule has 1 aliphatic rings. The minimum Gasteiger partial charge on any atom is -0.328 e. The van der Waals surface area contributed by atoms with Crippen LogP contribution >= 0.6 is 0 Å². The zero-order valence-corrected chi connectivity index (χ0v) is 9.28. The number of aldehydes is 1. The number of rotatable bonds is 3. The minimum atomic E-state index is 0.358. The summed E-state index contributed by atoms with van der Waals surface area (Å²) in [5.74, 6) is 0. The van der Waals surface area contributed by atoms with E-state index in [0.717, 1.165) is 12.8 Å². The topological polar surface area (TPSA) is 34.9 Å². The summed E-state index contributed by atoms with van der Waals surface area (Å²) in [5, 5.41) is 0. The first-order valence-electron chi connectivity index (χ1n) is 5.69. The molecule has 3 nitrogen and oxygen atoms in total.